The molecule has 1 heterocycles. The average Bonchev–Trinajstić information content (AvgIpc) is 2.59. The molecule has 0 aromatic heterocycles. The van der Waals surface area contributed by atoms with E-state index in [1.807, 2.05) is 0 Å². The lowest BCUT2D eigenvalue weighted by Gasteiger charge is -2.35. The van der Waals surface area contributed by atoms with Crippen LogP contribution in [-0.2, 0) is 9.53 Å². The summed E-state index contributed by atoms with van der Waals surface area (Å²) in [6, 6.07) is 0. The maximum absolute atomic E-state index is 11.6. The molecule has 1 aliphatic rings. The molecule has 1 N–H and O–H groups in total. The maximum atomic E-state index is 11.6. The second-order valence-electron chi connectivity index (χ2n) is 7.48. The van der Waals surface area contributed by atoms with Crippen molar-refractivity contribution in [1.29, 1.82) is 0 Å². The molecule has 0 bridgehead atoms. The smallest absolute Gasteiger partial charge is 0.323 e. The predicted molar refractivity (Wildman–Crippen MR) is 108 cm³/mol. The highest BCUT2D eigenvalue weighted by molar-refractivity contribution is 8.00. The van der Waals surface area contributed by atoms with Crippen LogP contribution < -0.4 is 0 Å². The van der Waals surface area contributed by atoms with Crippen LogP contribution in [0.5, 0.6) is 0 Å². The Morgan fingerprint density at radius 1 is 0.920 bits per heavy atom. The largest absolute Gasteiger partial charge is 0.460 e. The number of aliphatic hydroxyl groups is 1. The summed E-state index contributed by atoms with van der Waals surface area (Å²) in [7, 11) is 0. The first-order valence-corrected chi connectivity index (χ1v) is 11.7. The lowest BCUT2D eigenvalue weighted by molar-refractivity contribution is -0.169. The van der Waals surface area contributed by atoms with E-state index in [2.05, 4.69) is 13.8 Å². The zero-order chi connectivity index (χ0) is 18.3. The van der Waals surface area contributed by atoms with Crippen LogP contribution in [0.1, 0.15) is 104 Å². The molecule has 0 aromatic carbocycles. The van der Waals surface area contributed by atoms with E-state index < -0.39 is 0 Å². The summed E-state index contributed by atoms with van der Waals surface area (Å²) in [6.07, 6.45) is 16.4. The van der Waals surface area contributed by atoms with Gasteiger partial charge in [0.15, 0.2) is 0 Å². The number of cyclic esters (lactones) is 1. The summed E-state index contributed by atoms with van der Waals surface area (Å²) in [5.41, 5.74) is 0. The van der Waals surface area contributed by atoms with Crippen LogP contribution in [0.15, 0.2) is 0 Å². The fourth-order valence-corrected chi connectivity index (χ4v) is 4.54. The highest BCUT2D eigenvalue weighted by atomic mass is 32.2. The van der Waals surface area contributed by atoms with Gasteiger partial charge in [-0.2, -0.15) is 0 Å². The molecule has 1 rings (SSSR count). The summed E-state index contributed by atoms with van der Waals surface area (Å²) in [5.74, 6) is 0.945. The van der Waals surface area contributed by atoms with E-state index >= 15 is 0 Å². The molecule has 1 unspecified atom stereocenters. The molecule has 0 amide bonds. The van der Waals surface area contributed by atoms with Crippen LogP contribution in [0.3, 0.4) is 0 Å². The van der Waals surface area contributed by atoms with Gasteiger partial charge in [-0.15, -0.1) is 11.8 Å². The van der Waals surface area contributed by atoms with E-state index in [0.717, 1.165) is 18.6 Å². The van der Waals surface area contributed by atoms with Gasteiger partial charge in [-0.05, 0) is 18.6 Å². The Balaban J connectivity index is 1.98. The Hall–Kier alpha value is -0.220. The molecule has 1 aliphatic heterocycles. The number of aliphatic hydroxyl groups excluding tert-OH is 1. The van der Waals surface area contributed by atoms with E-state index in [0.29, 0.717) is 6.42 Å². The lowest BCUT2D eigenvalue weighted by Crippen LogP contribution is -2.49. The van der Waals surface area contributed by atoms with E-state index in [-0.39, 0.29) is 23.4 Å². The molecule has 1 fully saturated rings. The molecule has 1 saturated heterocycles. The minimum Gasteiger partial charge on any atom is -0.460 e. The fraction of sp³-hybridized carbons (Fsp3) is 0.952. The molecular formula is C21H40O3S. The van der Waals surface area contributed by atoms with E-state index in [9.17, 15) is 9.90 Å². The third-order valence-electron chi connectivity index (χ3n) is 5.03. The molecule has 25 heavy (non-hydrogen) atoms. The summed E-state index contributed by atoms with van der Waals surface area (Å²) in [4.78, 5) is 11.6. The molecule has 0 spiro atoms. The van der Waals surface area contributed by atoms with Gasteiger partial charge in [0, 0.05) is 6.42 Å². The Morgan fingerprint density at radius 2 is 1.48 bits per heavy atom. The van der Waals surface area contributed by atoms with Crippen molar-refractivity contribution in [1.82, 2.24) is 0 Å². The topological polar surface area (TPSA) is 46.5 Å². The Bertz CT molecular complexity index is 335. The third-order valence-corrected chi connectivity index (χ3v) is 6.41. The molecule has 3 nitrogen and oxygen atoms in total. The first kappa shape index (κ1) is 22.8. The van der Waals surface area contributed by atoms with Crippen molar-refractivity contribution in [3.8, 4) is 0 Å². The van der Waals surface area contributed by atoms with Crippen LogP contribution in [0.2, 0.25) is 0 Å². The van der Waals surface area contributed by atoms with Crippen molar-refractivity contribution >= 4 is 17.7 Å². The number of hydrogen-bond acceptors (Lipinski definition) is 4. The first-order chi connectivity index (χ1) is 12.2. The fourth-order valence-electron chi connectivity index (χ4n) is 3.34. The highest BCUT2D eigenvalue weighted by Gasteiger charge is 2.43. The lowest BCUT2D eigenvalue weighted by atomic mass is 9.99. The SMILES string of the molecule is CCCCCCCCCCCC(O)C[C@H]1OC(=O)[C@@H]1SCCCCC. The molecule has 0 radical (unpaired) electrons. The van der Waals surface area contributed by atoms with Crippen molar-refractivity contribution < 1.29 is 14.6 Å². The number of unbranched alkanes of at least 4 members (excludes halogenated alkanes) is 10. The average molecular weight is 373 g/mol. The second kappa shape index (κ2) is 14.9. The molecule has 0 aliphatic carbocycles. The van der Waals surface area contributed by atoms with Crippen molar-refractivity contribution in [3.63, 3.8) is 0 Å². The molecule has 4 heteroatoms. The van der Waals surface area contributed by atoms with E-state index in [4.69, 9.17) is 4.74 Å². The van der Waals surface area contributed by atoms with Gasteiger partial charge in [-0.25, -0.2) is 0 Å². The van der Waals surface area contributed by atoms with Gasteiger partial charge in [0.1, 0.15) is 11.4 Å². The van der Waals surface area contributed by atoms with Crippen molar-refractivity contribution in [3.05, 3.63) is 0 Å². The van der Waals surface area contributed by atoms with Crippen LogP contribution in [0, 0.1) is 0 Å². The number of rotatable bonds is 17. The summed E-state index contributed by atoms with van der Waals surface area (Å²) >= 11 is 1.72. The molecular weight excluding hydrogens is 332 g/mol. The van der Waals surface area contributed by atoms with Crippen molar-refractivity contribution in [2.45, 2.75) is 121 Å². The summed E-state index contributed by atoms with van der Waals surface area (Å²) in [5, 5.41) is 10.2. The number of ether oxygens (including phenoxy) is 1. The van der Waals surface area contributed by atoms with Gasteiger partial charge in [0.25, 0.3) is 0 Å². The Kier molecular flexibility index (Phi) is 13.6. The zero-order valence-corrected chi connectivity index (χ0v) is 17.3. The van der Waals surface area contributed by atoms with Gasteiger partial charge in [0.2, 0.25) is 0 Å². The monoisotopic (exact) mass is 372 g/mol. The molecule has 0 saturated carbocycles. The van der Waals surface area contributed by atoms with Crippen molar-refractivity contribution in [2.24, 2.45) is 0 Å². The van der Waals surface area contributed by atoms with E-state index in [1.165, 1.54) is 70.6 Å². The predicted octanol–water partition coefficient (Wildman–Crippen LogP) is 5.88. The van der Waals surface area contributed by atoms with Crippen LogP contribution in [0.25, 0.3) is 0 Å². The van der Waals surface area contributed by atoms with Gasteiger partial charge < -0.3 is 9.84 Å². The number of hydrogen-bond donors (Lipinski definition) is 1. The molecule has 148 valence electrons. The molecule has 3 atom stereocenters. The minimum absolute atomic E-state index is 0.0328. The van der Waals surface area contributed by atoms with Gasteiger partial charge in [-0.1, -0.05) is 84.5 Å². The second-order valence-corrected chi connectivity index (χ2v) is 8.73. The normalized spacial score (nSPS) is 21.0. The number of thioether (sulfide) groups is 1. The van der Waals surface area contributed by atoms with Crippen molar-refractivity contribution in [2.75, 3.05) is 5.75 Å². The van der Waals surface area contributed by atoms with Gasteiger partial charge in [0.05, 0.1) is 6.10 Å². The van der Waals surface area contributed by atoms with Crippen LogP contribution >= 0.6 is 11.8 Å². The molecule has 0 aromatic rings. The summed E-state index contributed by atoms with van der Waals surface area (Å²) < 4.78 is 5.25. The number of carbonyl (C=O) groups excluding carboxylic acids is 1. The standard InChI is InChI=1S/C21H40O3S/c1-3-5-7-8-9-10-11-12-13-15-18(22)17-19-20(21(23)24-19)25-16-14-6-4-2/h18-20,22H,3-17H2,1-2H3/t18?,19-,20-/m1/s1. The zero-order valence-electron chi connectivity index (χ0n) is 16.5. The van der Waals surface area contributed by atoms with Gasteiger partial charge in [-0.3, -0.25) is 4.79 Å². The van der Waals surface area contributed by atoms with E-state index in [1.54, 1.807) is 11.8 Å². The number of esters is 1. The Morgan fingerprint density at radius 3 is 2.08 bits per heavy atom. The number of carbonyl (C=O) groups is 1. The maximum Gasteiger partial charge on any atom is 0.323 e. The van der Waals surface area contributed by atoms with Crippen LogP contribution in [0.4, 0.5) is 0 Å². The Labute approximate surface area is 159 Å². The summed E-state index contributed by atoms with van der Waals surface area (Å²) in [6.45, 7) is 4.44. The van der Waals surface area contributed by atoms with Gasteiger partial charge >= 0.3 is 5.97 Å². The minimum atomic E-state index is -0.318. The highest BCUT2D eigenvalue weighted by Crippen LogP contribution is 2.32. The quantitative estimate of drug-likeness (QED) is 0.256. The first-order valence-electron chi connectivity index (χ1n) is 10.7. The van der Waals surface area contributed by atoms with Crippen LogP contribution in [-0.4, -0.2) is 34.3 Å². The third kappa shape index (κ3) is 10.5.